The van der Waals surface area contributed by atoms with Crippen LogP contribution in [0.15, 0.2) is 36.5 Å². The molecule has 2 aromatic rings. The number of rotatable bonds is 7. The minimum Gasteiger partial charge on any atom is -0.439 e. The number of nitrogens with zero attached hydrogens (tertiary/aromatic N) is 1. The van der Waals surface area contributed by atoms with Crippen molar-refractivity contribution in [2.24, 2.45) is 0 Å². The summed E-state index contributed by atoms with van der Waals surface area (Å²) < 4.78 is 10.8. The number of aryl methyl sites for hydroxylation is 2. The van der Waals surface area contributed by atoms with E-state index in [1.165, 1.54) is 5.56 Å². The largest absolute Gasteiger partial charge is 0.439 e. The van der Waals surface area contributed by atoms with Crippen molar-refractivity contribution in [2.75, 3.05) is 20.3 Å². The van der Waals surface area contributed by atoms with Crippen LogP contribution in [-0.2, 0) is 11.3 Å². The molecule has 21 heavy (non-hydrogen) atoms. The van der Waals surface area contributed by atoms with E-state index in [0.29, 0.717) is 12.5 Å². The van der Waals surface area contributed by atoms with E-state index in [9.17, 15) is 0 Å². The van der Waals surface area contributed by atoms with Gasteiger partial charge in [-0.15, -0.1) is 0 Å². The van der Waals surface area contributed by atoms with E-state index in [4.69, 9.17) is 9.47 Å². The smallest absolute Gasteiger partial charge is 0.222 e. The summed E-state index contributed by atoms with van der Waals surface area (Å²) in [6.45, 7) is 6.38. The third-order valence-electron chi connectivity index (χ3n) is 3.13. The number of pyridine rings is 1. The first kappa shape index (κ1) is 15.5. The number of ether oxygens (including phenoxy) is 2. The zero-order valence-corrected chi connectivity index (χ0v) is 12.8. The van der Waals surface area contributed by atoms with Gasteiger partial charge in [-0.05, 0) is 37.6 Å². The molecule has 1 aromatic heterocycles. The zero-order chi connectivity index (χ0) is 15.1. The Balaban J connectivity index is 1.97. The summed E-state index contributed by atoms with van der Waals surface area (Å²) in [5, 5.41) is 3.30. The van der Waals surface area contributed by atoms with Crippen molar-refractivity contribution in [3.63, 3.8) is 0 Å². The molecule has 0 aliphatic heterocycles. The quantitative estimate of drug-likeness (QED) is 0.794. The van der Waals surface area contributed by atoms with Crippen LogP contribution in [0.5, 0.6) is 11.6 Å². The third-order valence-corrected chi connectivity index (χ3v) is 3.13. The Bertz CT molecular complexity index is 568. The fourth-order valence-corrected chi connectivity index (χ4v) is 1.95. The van der Waals surface area contributed by atoms with Crippen LogP contribution in [0.25, 0.3) is 0 Å². The van der Waals surface area contributed by atoms with E-state index in [1.807, 2.05) is 37.4 Å². The Morgan fingerprint density at radius 1 is 1.14 bits per heavy atom. The molecule has 0 spiro atoms. The maximum atomic E-state index is 5.81. The monoisotopic (exact) mass is 286 g/mol. The molecular weight excluding hydrogens is 264 g/mol. The van der Waals surface area contributed by atoms with Crippen molar-refractivity contribution >= 4 is 0 Å². The molecular formula is C17H22N2O2. The highest BCUT2D eigenvalue weighted by Gasteiger charge is 2.04. The van der Waals surface area contributed by atoms with Gasteiger partial charge in [-0.25, -0.2) is 4.98 Å². The Morgan fingerprint density at radius 3 is 2.57 bits per heavy atom. The van der Waals surface area contributed by atoms with E-state index in [-0.39, 0.29) is 0 Å². The lowest BCUT2D eigenvalue weighted by molar-refractivity contribution is 0.199. The molecule has 0 unspecified atom stereocenters. The predicted octanol–water partition coefficient (Wildman–Crippen LogP) is 3.23. The van der Waals surface area contributed by atoms with Crippen LogP contribution in [0, 0.1) is 13.8 Å². The highest BCUT2D eigenvalue weighted by Crippen LogP contribution is 2.23. The van der Waals surface area contributed by atoms with Gasteiger partial charge in [0.25, 0.3) is 0 Å². The summed E-state index contributed by atoms with van der Waals surface area (Å²) in [6, 6.07) is 10.1. The topological polar surface area (TPSA) is 43.4 Å². The van der Waals surface area contributed by atoms with Crippen LogP contribution in [0.2, 0.25) is 0 Å². The van der Waals surface area contributed by atoms with Gasteiger partial charge in [-0.3, -0.25) is 0 Å². The van der Waals surface area contributed by atoms with Crippen LogP contribution in [0.1, 0.15) is 16.7 Å². The van der Waals surface area contributed by atoms with Gasteiger partial charge in [-0.1, -0.05) is 17.7 Å². The lowest BCUT2D eigenvalue weighted by atomic mass is 10.2. The molecule has 1 heterocycles. The van der Waals surface area contributed by atoms with Crippen molar-refractivity contribution in [3.05, 3.63) is 53.2 Å². The fraction of sp³-hybridized carbons (Fsp3) is 0.353. The minimum absolute atomic E-state index is 0.652. The number of nitrogens with one attached hydrogen (secondary N) is 1. The molecule has 1 aromatic carbocycles. The van der Waals surface area contributed by atoms with Gasteiger partial charge in [0.05, 0.1) is 6.61 Å². The number of hydrogen-bond donors (Lipinski definition) is 1. The Labute approximate surface area is 126 Å². The molecule has 4 heteroatoms. The number of methoxy groups -OCH3 is 1. The van der Waals surface area contributed by atoms with E-state index in [1.54, 1.807) is 7.11 Å². The maximum Gasteiger partial charge on any atom is 0.222 e. The highest BCUT2D eigenvalue weighted by atomic mass is 16.5. The molecule has 0 fully saturated rings. The Kier molecular flexibility index (Phi) is 5.72. The first-order chi connectivity index (χ1) is 10.2. The van der Waals surface area contributed by atoms with Gasteiger partial charge in [0.2, 0.25) is 5.88 Å². The van der Waals surface area contributed by atoms with Gasteiger partial charge in [0.15, 0.2) is 0 Å². The first-order valence-electron chi connectivity index (χ1n) is 7.09. The van der Waals surface area contributed by atoms with Crippen molar-refractivity contribution in [3.8, 4) is 11.6 Å². The van der Waals surface area contributed by atoms with Gasteiger partial charge in [-0.2, -0.15) is 0 Å². The van der Waals surface area contributed by atoms with Crippen molar-refractivity contribution in [1.82, 2.24) is 10.3 Å². The summed E-state index contributed by atoms with van der Waals surface area (Å²) in [4.78, 5) is 4.40. The molecule has 0 atom stereocenters. The molecule has 0 saturated carbocycles. The van der Waals surface area contributed by atoms with Gasteiger partial charge < -0.3 is 14.8 Å². The van der Waals surface area contributed by atoms with Crippen molar-refractivity contribution in [1.29, 1.82) is 0 Å². The molecule has 0 radical (unpaired) electrons. The summed E-state index contributed by atoms with van der Waals surface area (Å²) in [7, 11) is 1.70. The Hall–Kier alpha value is -1.91. The maximum absolute atomic E-state index is 5.81. The second-order valence-corrected chi connectivity index (χ2v) is 5.05. The summed E-state index contributed by atoms with van der Waals surface area (Å²) in [6.07, 6.45) is 1.84. The van der Waals surface area contributed by atoms with Crippen LogP contribution >= 0.6 is 0 Å². The number of benzene rings is 1. The molecule has 0 aliphatic carbocycles. The molecule has 2 rings (SSSR count). The first-order valence-corrected chi connectivity index (χ1v) is 7.09. The van der Waals surface area contributed by atoms with Crippen LogP contribution < -0.4 is 10.1 Å². The van der Waals surface area contributed by atoms with Crippen LogP contribution in [-0.4, -0.2) is 25.2 Å². The second kappa shape index (κ2) is 7.76. The van der Waals surface area contributed by atoms with Gasteiger partial charge in [0, 0.05) is 32.0 Å². The zero-order valence-electron chi connectivity index (χ0n) is 12.8. The van der Waals surface area contributed by atoms with E-state index < -0.39 is 0 Å². The number of aromatic nitrogens is 1. The van der Waals surface area contributed by atoms with E-state index >= 15 is 0 Å². The summed E-state index contributed by atoms with van der Waals surface area (Å²) >= 11 is 0. The highest BCUT2D eigenvalue weighted by molar-refractivity contribution is 5.34. The van der Waals surface area contributed by atoms with Gasteiger partial charge >= 0.3 is 0 Å². The van der Waals surface area contributed by atoms with E-state index in [0.717, 1.165) is 30.0 Å². The average molecular weight is 286 g/mol. The molecule has 0 saturated heterocycles. The predicted molar refractivity (Wildman–Crippen MR) is 83.8 cm³/mol. The van der Waals surface area contributed by atoms with Crippen molar-refractivity contribution in [2.45, 2.75) is 20.4 Å². The molecule has 1 N–H and O–H groups in total. The van der Waals surface area contributed by atoms with Crippen LogP contribution in [0.3, 0.4) is 0 Å². The molecule has 112 valence electrons. The second-order valence-electron chi connectivity index (χ2n) is 5.05. The van der Waals surface area contributed by atoms with Crippen LogP contribution in [0.4, 0.5) is 0 Å². The molecule has 4 nitrogen and oxygen atoms in total. The normalized spacial score (nSPS) is 10.6. The summed E-state index contributed by atoms with van der Waals surface area (Å²) in [5.74, 6) is 1.46. The standard InChI is InChI=1S/C17H22N2O2/c1-13-4-6-16(7-5-13)21-17-14(2)10-15(12-19-17)11-18-8-9-20-3/h4-7,10,12,18H,8-9,11H2,1-3H3. The molecule has 0 aliphatic rings. The molecule has 0 amide bonds. The minimum atomic E-state index is 0.652. The van der Waals surface area contributed by atoms with E-state index in [2.05, 4.69) is 23.3 Å². The number of hydrogen-bond acceptors (Lipinski definition) is 4. The SMILES string of the molecule is COCCNCc1cnc(Oc2ccc(C)cc2)c(C)c1. The average Bonchev–Trinajstić information content (AvgIpc) is 2.48. The lowest BCUT2D eigenvalue weighted by Crippen LogP contribution is -2.18. The fourth-order valence-electron chi connectivity index (χ4n) is 1.95. The van der Waals surface area contributed by atoms with Crippen molar-refractivity contribution < 1.29 is 9.47 Å². The summed E-state index contributed by atoms with van der Waals surface area (Å²) in [5.41, 5.74) is 3.38. The lowest BCUT2D eigenvalue weighted by Gasteiger charge is -2.10. The molecule has 0 bridgehead atoms. The van der Waals surface area contributed by atoms with Gasteiger partial charge in [0.1, 0.15) is 5.75 Å². The Morgan fingerprint density at radius 2 is 1.90 bits per heavy atom. The third kappa shape index (κ3) is 4.85.